The van der Waals surface area contributed by atoms with Gasteiger partial charge in [0.1, 0.15) is 0 Å². The molecule has 0 aliphatic carbocycles. The maximum atomic E-state index is 13.1. The Kier molecular flexibility index (Phi) is 5.23. The van der Waals surface area contributed by atoms with Gasteiger partial charge in [-0.2, -0.15) is 31.4 Å². The highest BCUT2D eigenvalue weighted by molar-refractivity contribution is 5.68. The van der Waals surface area contributed by atoms with Gasteiger partial charge in [-0.25, -0.2) is 9.18 Å². The fourth-order valence-corrected chi connectivity index (χ4v) is 3.44. The van der Waals surface area contributed by atoms with Crippen molar-refractivity contribution in [3.05, 3.63) is 18.2 Å². The number of ether oxygens (including phenoxy) is 2. The van der Waals surface area contributed by atoms with Crippen molar-refractivity contribution >= 4 is 6.09 Å². The molecule has 1 aromatic rings. The van der Waals surface area contributed by atoms with Gasteiger partial charge in [0.05, 0.1) is 30.6 Å². The quantitative estimate of drug-likeness (QED) is 0.690. The molecule has 2 saturated heterocycles. The summed E-state index contributed by atoms with van der Waals surface area (Å²) in [6, 6.07) is -0.247. The molecule has 3 heterocycles. The zero-order valence-corrected chi connectivity index (χ0v) is 14.3. The second-order valence-corrected chi connectivity index (χ2v) is 6.82. The van der Waals surface area contributed by atoms with Crippen molar-refractivity contribution in [1.29, 1.82) is 0 Å². The molecule has 158 valence electrons. The first-order valence-corrected chi connectivity index (χ1v) is 8.32. The number of nitrogens with zero attached hydrogens (tertiary/aromatic N) is 3. The van der Waals surface area contributed by atoms with E-state index in [2.05, 4.69) is 9.84 Å². The molecule has 2 aliphatic rings. The van der Waals surface area contributed by atoms with E-state index in [0.29, 0.717) is 6.42 Å². The van der Waals surface area contributed by atoms with Gasteiger partial charge in [0.15, 0.2) is 5.82 Å². The zero-order chi connectivity index (χ0) is 20.7. The van der Waals surface area contributed by atoms with Crippen LogP contribution in [0.1, 0.15) is 25.3 Å². The molecule has 28 heavy (non-hydrogen) atoms. The molecule has 0 aromatic carbocycles. The van der Waals surface area contributed by atoms with E-state index < -0.39 is 36.0 Å². The maximum absolute atomic E-state index is 13.1. The molecule has 0 saturated carbocycles. The van der Waals surface area contributed by atoms with Crippen LogP contribution >= 0.6 is 0 Å². The van der Waals surface area contributed by atoms with Gasteiger partial charge >= 0.3 is 18.4 Å². The van der Waals surface area contributed by atoms with Gasteiger partial charge in [0, 0.05) is 19.5 Å². The summed E-state index contributed by atoms with van der Waals surface area (Å²) in [6.45, 7) is -0.0152. The number of hydrogen-bond acceptors (Lipinski definition) is 4. The molecule has 1 amide bonds. The monoisotopic (exact) mass is 419 g/mol. The number of rotatable bonds is 2. The molecule has 0 bridgehead atoms. The number of carbonyl (C=O) groups excluding carboxylic acids is 1. The maximum Gasteiger partial charge on any atom is 0.434 e. The van der Waals surface area contributed by atoms with Gasteiger partial charge in [-0.1, -0.05) is 0 Å². The van der Waals surface area contributed by atoms with Crippen LogP contribution in [-0.4, -0.2) is 64.5 Å². The van der Waals surface area contributed by atoms with E-state index in [1.165, 1.54) is 10.9 Å². The molecule has 1 spiro atoms. The van der Waals surface area contributed by atoms with Crippen LogP contribution in [0.25, 0.3) is 0 Å². The van der Waals surface area contributed by atoms with Crippen molar-refractivity contribution in [2.24, 2.45) is 0 Å². The normalized spacial score (nSPS) is 22.9. The van der Waals surface area contributed by atoms with Crippen molar-refractivity contribution in [2.75, 3.05) is 19.7 Å². The average Bonchev–Trinajstić information content (AvgIpc) is 3.18. The van der Waals surface area contributed by atoms with Gasteiger partial charge in [-0.15, -0.1) is 0 Å². The van der Waals surface area contributed by atoms with Crippen molar-refractivity contribution in [3.63, 3.8) is 0 Å². The molecular formula is C15H16F7N3O3. The minimum absolute atomic E-state index is 0.124. The Hall–Kier alpha value is -2.05. The van der Waals surface area contributed by atoms with Crippen molar-refractivity contribution < 1.29 is 45.0 Å². The number of amides is 1. The van der Waals surface area contributed by atoms with Crippen LogP contribution in [-0.2, 0) is 9.47 Å². The summed E-state index contributed by atoms with van der Waals surface area (Å²) in [5.74, 6) is -0.512. The number of likely N-dealkylation sites (tertiary alicyclic amines) is 1. The molecule has 0 radical (unpaired) electrons. The Morgan fingerprint density at radius 1 is 1.21 bits per heavy atom. The van der Waals surface area contributed by atoms with Crippen LogP contribution < -0.4 is 0 Å². The third-order valence-electron chi connectivity index (χ3n) is 4.88. The van der Waals surface area contributed by atoms with Crippen LogP contribution in [0.5, 0.6) is 0 Å². The molecule has 6 nitrogen and oxygen atoms in total. The second-order valence-electron chi connectivity index (χ2n) is 6.82. The summed E-state index contributed by atoms with van der Waals surface area (Å²) in [5, 5.41) is 3.86. The first kappa shape index (κ1) is 20.7. The highest BCUT2D eigenvalue weighted by Crippen LogP contribution is 2.41. The SMILES string of the molecule is O=C(OC(C(F)(F)F)C(F)(F)F)N1CCC2(CC1)C[C@@H](n1cc(F)cn1)CO2. The highest BCUT2D eigenvalue weighted by Gasteiger charge is 2.60. The number of alkyl halides is 6. The molecule has 1 aromatic heterocycles. The lowest BCUT2D eigenvalue weighted by molar-refractivity contribution is -0.308. The van der Waals surface area contributed by atoms with Crippen LogP contribution in [0.2, 0.25) is 0 Å². The zero-order valence-electron chi connectivity index (χ0n) is 14.3. The Morgan fingerprint density at radius 2 is 1.82 bits per heavy atom. The molecular weight excluding hydrogens is 403 g/mol. The average molecular weight is 419 g/mol. The number of hydrogen-bond donors (Lipinski definition) is 0. The lowest BCUT2D eigenvalue weighted by atomic mass is 9.87. The minimum atomic E-state index is -5.76. The summed E-state index contributed by atoms with van der Waals surface area (Å²) in [6.07, 6.45) is -14.3. The number of halogens is 7. The van der Waals surface area contributed by atoms with E-state index in [0.717, 1.165) is 11.1 Å². The summed E-state index contributed by atoms with van der Waals surface area (Å²) >= 11 is 0. The standard InChI is InChI=1S/C15H16F7N3O3/c16-9-6-23-25(7-9)10-5-13(27-8-10)1-3-24(4-2-13)12(26)28-11(14(17,18)19)15(20,21)22/h6-7,10-11H,1-5,8H2/t10-/m1/s1. The lowest BCUT2D eigenvalue weighted by Gasteiger charge is -2.38. The summed E-state index contributed by atoms with van der Waals surface area (Å²) < 4.78 is 99.1. The highest BCUT2D eigenvalue weighted by atomic mass is 19.4. The van der Waals surface area contributed by atoms with Gasteiger partial charge in [-0.05, 0) is 12.8 Å². The Morgan fingerprint density at radius 3 is 2.32 bits per heavy atom. The number of carbonyl (C=O) groups is 1. The van der Waals surface area contributed by atoms with E-state index in [9.17, 15) is 35.5 Å². The van der Waals surface area contributed by atoms with E-state index in [4.69, 9.17) is 4.74 Å². The Bertz CT molecular complexity index is 696. The van der Waals surface area contributed by atoms with E-state index >= 15 is 0 Å². The predicted molar refractivity (Wildman–Crippen MR) is 77.7 cm³/mol. The van der Waals surface area contributed by atoms with Crippen LogP contribution in [0.15, 0.2) is 12.4 Å². The van der Waals surface area contributed by atoms with Gasteiger partial charge in [0.2, 0.25) is 0 Å². The Labute approximate surface area is 154 Å². The fourth-order valence-electron chi connectivity index (χ4n) is 3.44. The minimum Gasteiger partial charge on any atom is -0.426 e. The first-order chi connectivity index (χ1) is 12.9. The molecule has 0 unspecified atom stereocenters. The van der Waals surface area contributed by atoms with Gasteiger partial charge in [-0.3, -0.25) is 4.68 Å². The first-order valence-electron chi connectivity index (χ1n) is 8.32. The van der Waals surface area contributed by atoms with Crippen LogP contribution in [0, 0.1) is 5.82 Å². The van der Waals surface area contributed by atoms with E-state index in [-0.39, 0.29) is 38.6 Å². The molecule has 3 rings (SSSR count). The second kappa shape index (κ2) is 7.08. The lowest BCUT2D eigenvalue weighted by Crippen LogP contribution is -2.51. The fraction of sp³-hybridized carbons (Fsp3) is 0.733. The van der Waals surface area contributed by atoms with E-state index in [1.807, 2.05) is 0 Å². The summed E-state index contributed by atoms with van der Waals surface area (Å²) in [4.78, 5) is 12.6. The third kappa shape index (κ3) is 4.33. The largest absolute Gasteiger partial charge is 0.434 e. The van der Waals surface area contributed by atoms with Gasteiger partial charge in [0.25, 0.3) is 6.10 Å². The molecule has 0 N–H and O–H groups in total. The molecule has 13 heteroatoms. The van der Waals surface area contributed by atoms with Crippen LogP contribution in [0.4, 0.5) is 35.5 Å². The van der Waals surface area contributed by atoms with Crippen LogP contribution in [0.3, 0.4) is 0 Å². The summed E-state index contributed by atoms with van der Waals surface area (Å²) in [7, 11) is 0. The molecule has 2 aliphatic heterocycles. The van der Waals surface area contributed by atoms with E-state index in [1.54, 1.807) is 0 Å². The third-order valence-corrected chi connectivity index (χ3v) is 4.88. The number of piperidine rings is 1. The molecule has 2 fully saturated rings. The Balaban J connectivity index is 1.57. The molecule has 1 atom stereocenters. The topological polar surface area (TPSA) is 56.6 Å². The number of aromatic nitrogens is 2. The van der Waals surface area contributed by atoms with Crippen molar-refractivity contribution in [2.45, 2.75) is 49.4 Å². The predicted octanol–water partition coefficient (Wildman–Crippen LogP) is 3.45. The summed E-state index contributed by atoms with van der Waals surface area (Å²) in [5.41, 5.74) is -0.697. The van der Waals surface area contributed by atoms with Gasteiger partial charge < -0.3 is 14.4 Å². The van der Waals surface area contributed by atoms with Crippen molar-refractivity contribution in [1.82, 2.24) is 14.7 Å². The van der Waals surface area contributed by atoms with Crippen molar-refractivity contribution in [3.8, 4) is 0 Å². The smallest absolute Gasteiger partial charge is 0.426 e.